The van der Waals surface area contributed by atoms with Crippen LogP contribution in [0.25, 0.3) is 10.2 Å². The fourth-order valence-electron chi connectivity index (χ4n) is 3.39. The van der Waals surface area contributed by atoms with E-state index in [2.05, 4.69) is 5.32 Å². The number of amides is 1. The molecule has 1 amide bonds. The van der Waals surface area contributed by atoms with Crippen molar-refractivity contribution >= 4 is 27.5 Å². The third-order valence-corrected chi connectivity index (χ3v) is 5.86. The van der Waals surface area contributed by atoms with E-state index in [9.17, 15) is 18.8 Å². The average molecular weight is 437 g/mol. The summed E-state index contributed by atoms with van der Waals surface area (Å²) in [4.78, 5) is 38.4. The first-order valence-electron chi connectivity index (χ1n) is 9.79. The van der Waals surface area contributed by atoms with Crippen molar-refractivity contribution < 1.29 is 9.18 Å². The second-order valence-electron chi connectivity index (χ2n) is 7.11. The maximum atomic E-state index is 13.2. The normalized spacial score (nSPS) is 11.0. The van der Waals surface area contributed by atoms with Gasteiger partial charge in [-0.1, -0.05) is 42.5 Å². The smallest absolute Gasteiger partial charge is 0.332 e. The van der Waals surface area contributed by atoms with Crippen LogP contribution in [0.5, 0.6) is 0 Å². The van der Waals surface area contributed by atoms with Crippen molar-refractivity contribution in [2.75, 3.05) is 6.54 Å². The summed E-state index contributed by atoms with van der Waals surface area (Å²) in [5.74, 6) is -0.702. The van der Waals surface area contributed by atoms with Crippen LogP contribution in [0.3, 0.4) is 0 Å². The minimum absolute atomic E-state index is 0.00140. The van der Waals surface area contributed by atoms with E-state index in [0.717, 1.165) is 10.1 Å². The summed E-state index contributed by atoms with van der Waals surface area (Å²) in [5, 5.41) is 4.55. The number of nitrogens with one attached hydrogen (secondary N) is 1. The molecule has 0 unspecified atom stereocenters. The van der Waals surface area contributed by atoms with Crippen LogP contribution in [0.4, 0.5) is 4.39 Å². The van der Waals surface area contributed by atoms with Crippen molar-refractivity contribution in [3.05, 3.63) is 104 Å². The molecule has 2 aromatic heterocycles. The van der Waals surface area contributed by atoms with E-state index >= 15 is 0 Å². The van der Waals surface area contributed by atoms with Gasteiger partial charge in [-0.3, -0.25) is 18.7 Å². The van der Waals surface area contributed by atoms with Gasteiger partial charge in [0.25, 0.3) is 5.56 Å². The van der Waals surface area contributed by atoms with Gasteiger partial charge in [-0.25, -0.2) is 9.18 Å². The van der Waals surface area contributed by atoms with Gasteiger partial charge >= 0.3 is 5.69 Å². The van der Waals surface area contributed by atoms with Crippen molar-refractivity contribution in [1.82, 2.24) is 14.5 Å². The summed E-state index contributed by atoms with van der Waals surface area (Å²) in [6.07, 6.45) is 0.680. The molecule has 0 atom stereocenters. The van der Waals surface area contributed by atoms with E-state index in [0.29, 0.717) is 28.7 Å². The molecule has 4 rings (SSSR count). The number of benzene rings is 2. The van der Waals surface area contributed by atoms with Gasteiger partial charge in [0.15, 0.2) is 0 Å². The number of hydrogen-bond acceptors (Lipinski definition) is 4. The van der Waals surface area contributed by atoms with E-state index in [1.165, 1.54) is 40.2 Å². The molecular formula is C23H20FN3O3S. The molecule has 6 nitrogen and oxygen atoms in total. The lowest BCUT2D eigenvalue weighted by Gasteiger charge is -2.12. The number of nitrogens with zero attached hydrogens (tertiary/aromatic N) is 2. The molecule has 0 saturated heterocycles. The predicted molar refractivity (Wildman–Crippen MR) is 119 cm³/mol. The zero-order chi connectivity index (χ0) is 21.8. The summed E-state index contributed by atoms with van der Waals surface area (Å²) in [7, 11) is 0. The number of aromatic nitrogens is 2. The molecule has 2 aromatic carbocycles. The maximum Gasteiger partial charge on any atom is 0.332 e. The van der Waals surface area contributed by atoms with E-state index < -0.39 is 17.1 Å². The second-order valence-corrected chi connectivity index (χ2v) is 8.02. The Morgan fingerprint density at radius 2 is 1.68 bits per heavy atom. The van der Waals surface area contributed by atoms with Gasteiger partial charge < -0.3 is 5.32 Å². The summed E-state index contributed by atoms with van der Waals surface area (Å²) in [6, 6.07) is 17.1. The number of thiophene rings is 1. The minimum atomic E-state index is -0.571. The highest BCUT2D eigenvalue weighted by Crippen LogP contribution is 2.15. The van der Waals surface area contributed by atoms with E-state index in [4.69, 9.17) is 0 Å². The summed E-state index contributed by atoms with van der Waals surface area (Å²) < 4.78 is 16.0. The predicted octanol–water partition coefficient (Wildman–Crippen LogP) is 2.77. The SMILES string of the molecule is O=C(Cn1c(=O)n(Cc2ccc(F)cc2)c(=O)c2sccc21)NCCc1ccccc1. The van der Waals surface area contributed by atoms with Gasteiger partial charge in [0, 0.05) is 6.54 Å². The summed E-state index contributed by atoms with van der Waals surface area (Å²) in [5.41, 5.74) is 1.18. The Balaban J connectivity index is 1.57. The zero-order valence-corrected chi connectivity index (χ0v) is 17.4. The molecule has 0 aliphatic rings. The monoisotopic (exact) mass is 437 g/mol. The number of hydrogen-bond donors (Lipinski definition) is 1. The highest BCUT2D eigenvalue weighted by Gasteiger charge is 2.16. The Morgan fingerprint density at radius 3 is 2.42 bits per heavy atom. The molecule has 2 heterocycles. The van der Waals surface area contributed by atoms with Gasteiger partial charge in [0.2, 0.25) is 5.91 Å². The Hall–Kier alpha value is -3.52. The third kappa shape index (κ3) is 4.64. The van der Waals surface area contributed by atoms with Gasteiger partial charge in [-0.05, 0) is 41.1 Å². The first kappa shape index (κ1) is 20.7. The molecule has 8 heteroatoms. The highest BCUT2D eigenvalue weighted by molar-refractivity contribution is 7.17. The lowest BCUT2D eigenvalue weighted by atomic mass is 10.1. The fourth-order valence-corrected chi connectivity index (χ4v) is 4.23. The largest absolute Gasteiger partial charge is 0.354 e. The summed E-state index contributed by atoms with van der Waals surface area (Å²) in [6.45, 7) is 0.256. The van der Waals surface area contributed by atoms with E-state index in [1.807, 2.05) is 30.3 Å². The van der Waals surface area contributed by atoms with Crippen LogP contribution in [-0.2, 0) is 24.3 Å². The Kier molecular flexibility index (Phi) is 6.08. The van der Waals surface area contributed by atoms with Crippen molar-refractivity contribution in [3.63, 3.8) is 0 Å². The molecule has 0 radical (unpaired) electrons. The lowest BCUT2D eigenvalue weighted by Crippen LogP contribution is -2.42. The van der Waals surface area contributed by atoms with E-state index in [1.54, 1.807) is 11.4 Å². The molecule has 0 saturated carbocycles. The molecule has 31 heavy (non-hydrogen) atoms. The number of carbonyl (C=O) groups is 1. The van der Waals surface area contributed by atoms with Gasteiger partial charge in [-0.15, -0.1) is 11.3 Å². The van der Waals surface area contributed by atoms with Crippen molar-refractivity contribution in [2.24, 2.45) is 0 Å². The van der Waals surface area contributed by atoms with Crippen LogP contribution in [0.1, 0.15) is 11.1 Å². The lowest BCUT2D eigenvalue weighted by molar-refractivity contribution is -0.121. The van der Waals surface area contributed by atoms with E-state index in [-0.39, 0.29) is 19.0 Å². The molecule has 0 fully saturated rings. The molecule has 4 aromatic rings. The quantitative estimate of drug-likeness (QED) is 0.483. The minimum Gasteiger partial charge on any atom is -0.354 e. The molecule has 0 bridgehead atoms. The van der Waals surface area contributed by atoms with Crippen molar-refractivity contribution in [3.8, 4) is 0 Å². The Morgan fingerprint density at radius 1 is 0.935 bits per heavy atom. The number of rotatable bonds is 7. The fraction of sp³-hybridized carbons (Fsp3) is 0.174. The zero-order valence-electron chi connectivity index (χ0n) is 16.6. The first-order valence-corrected chi connectivity index (χ1v) is 10.7. The standard InChI is InChI=1S/C23H20FN3O3S/c24-18-8-6-17(7-9-18)14-27-22(29)21-19(11-13-31-21)26(23(27)30)15-20(28)25-12-10-16-4-2-1-3-5-16/h1-9,11,13H,10,12,14-15H2,(H,25,28). The van der Waals surface area contributed by atoms with Crippen LogP contribution in [0, 0.1) is 5.82 Å². The van der Waals surface area contributed by atoms with Crippen LogP contribution in [0.2, 0.25) is 0 Å². The molecule has 158 valence electrons. The highest BCUT2D eigenvalue weighted by atomic mass is 32.1. The molecule has 0 aliphatic carbocycles. The van der Waals surface area contributed by atoms with Crippen molar-refractivity contribution in [1.29, 1.82) is 0 Å². The van der Waals surface area contributed by atoms with Gasteiger partial charge in [0.05, 0.1) is 12.1 Å². The van der Waals surface area contributed by atoms with Gasteiger partial charge in [-0.2, -0.15) is 0 Å². The van der Waals surface area contributed by atoms with Gasteiger partial charge in [0.1, 0.15) is 17.1 Å². The van der Waals surface area contributed by atoms with Crippen LogP contribution in [0.15, 0.2) is 75.6 Å². The first-order chi connectivity index (χ1) is 15.0. The third-order valence-electron chi connectivity index (χ3n) is 4.97. The van der Waals surface area contributed by atoms with Crippen LogP contribution in [-0.4, -0.2) is 21.6 Å². The number of carbonyl (C=O) groups excluding carboxylic acids is 1. The molecular weight excluding hydrogens is 417 g/mol. The molecule has 0 spiro atoms. The maximum absolute atomic E-state index is 13.2. The molecule has 1 N–H and O–H groups in total. The van der Waals surface area contributed by atoms with Crippen molar-refractivity contribution in [2.45, 2.75) is 19.5 Å². The molecule has 0 aliphatic heterocycles. The number of fused-ring (bicyclic) bond motifs is 1. The average Bonchev–Trinajstić information content (AvgIpc) is 3.26. The van der Waals surface area contributed by atoms with Crippen LogP contribution >= 0.6 is 11.3 Å². The Bertz CT molecular complexity index is 1320. The Labute approximate surface area is 181 Å². The second kappa shape index (κ2) is 9.09. The number of halogens is 1. The van der Waals surface area contributed by atoms with Crippen LogP contribution < -0.4 is 16.6 Å². The topological polar surface area (TPSA) is 73.1 Å². The summed E-state index contributed by atoms with van der Waals surface area (Å²) >= 11 is 1.22.